The zero-order chi connectivity index (χ0) is 18.2. The number of aromatic nitrogens is 2. The normalized spacial score (nSPS) is 15.5. The molecule has 8 heteroatoms. The largest absolute Gasteiger partial charge is 0.435 e. The number of hydrogen-bond donors (Lipinski definition) is 0. The molecule has 5 nitrogen and oxygen atoms in total. The molecule has 0 unspecified atom stereocenters. The van der Waals surface area contributed by atoms with E-state index in [1.54, 1.807) is 24.0 Å². The van der Waals surface area contributed by atoms with E-state index in [4.69, 9.17) is 4.74 Å². The van der Waals surface area contributed by atoms with Crippen LogP contribution >= 0.6 is 0 Å². The van der Waals surface area contributed by atoms with Crippen LogP contribution in [0.1, 0.15) is 21.7 Å². The molecule has 0 atom stereocenters. The second-order valence-corrected chi connectivity index (χ2v) is 5.91. The van der Waals surface area contributed by atoms with Crippen LogP contribution in [0.2, 0.25) is 0 Å². The van der Waals surface area contributed by atoms with Crippen LogP contribution in [0.3, 0.4) is 0 Å². The van der Waals surface area contributed by atoms with E-state index in [0.29, 0.717) is 43.1 Å². The summed E-state index contributed by atoms with van der Waals surface area (Å²) in [4.78, 5) is 14.1. The first-order chi connectivity index (χ1) is 11.8. The number of ether oxygens (including phenoxy) is 1. The van der Waals surface area contributed by atoms with E-state index in [-0.39, 0.29) is 11.5 Å². The predicted molar refractivity (Wildman–Crippen MR) is 85.1 cm³/mol. The summed E-state index contributed by atoms with van der Waals surface area (Å²) in [5.41, 5.74) is 0.372. The average Bonchev–Trinajstić information content (AvgIpc) is 2.91. The quantitative estimate of drug-likeness (QED) is 0.834. The van der Waals surface area contributed by atoms with Gasteiger partial charge in [-0.25, -0.2) is 0 Å². The molecular weight excluding hydrogens is 335 g/mol. The van der Waals surface area contributed by atoms with E-state index in [2.05, 4.69) is 5.10 Å². The molecule has 0 saturated carbocycles. The van der Waals surface area contributed by atoms with Gasteiger partial charge < -0.3 is 9.64 Å². The molecule has 1 saturated heterocycles. The Labute approximate surface area is 143 Å². The van der Waals surface area contributed by atoms with Gasteiger partial charge in [0.2, 0.25) is 0 Å². The van der Waals surface area contributed by atoms with Crippen molar-refractivity contribution in [3.63, 3.8) is 0 Å². The Hall–Kier alpha value is -2.35. The highest BCUT2D eigenvalue weighted by atomic mass is 19.4. The lowest BCUT2D eigenvalue weighted by molar-refractivity contribution is -0.140. The number of benzene rings is 1. The van der Waals surface area contributed by atoms with E-state index in [1.165, 1.54) is 23.9 Å². The van der Waals surface area contributed by atoms with Gasteiger partial charge in [0.1, 0.15) is 0 Å². The highest BCUT2D eigenvalue weighted by Crippen LogP contribution is 2.38. The van der Waals surface area contributed by atoms with Crippen molar-refractivity contribution in [2.24, 2.45) is 7.05 Å². The van der Waals surface area contributed by atoms with E-state index in [9.17, 15) is 18.0 Å². The second-order valence-electron chi connectivity index (χ2n) is 5.91. The molecule has 1 aromatic heterocycles. The molecule has 1 fully saturated rings. The molecule has 1 aliphatic rings. The zero-order valence-electron chi connectivity index (χ0n) is 13.9. The van der Waals surface area contributed by atoms with Gasteiger partial charge in [-0.2, -0.15) is 18.3 Å². The zero-order valence-corrected chi connectivity index (χ0v) is 13.9. The molecule has 134 valence electrons. The molecule has 0 radical (unpaired) electrons. The first-order valence-electron chi connectivity index (χ1n) is 7.87. The summed E-state index contributed by atoms with van der Waals surface area (Å²) in [7, 11) is 1.48. The van der Waals surface area contributed by atoms with Crippen LogP contribution in [-0.4, -0.2) is 46.9 Å². The summed E-state index contributed by atoms with van der Waals surface area (Å²) in [5, 5.41) is 3.59. The van der Waals surface area contributed by atoms with Crippen LogP contribution in [0.5, 0.6) is 0 Å². The number of aryl methyl sites for hydroxylation is 1. The Morgan fingerprint density at radius 3 is 2.32 bits per heavy atom. The second kappa shape index (κ2) is 6.51. The highest BCUT2D eigenvalue weighted by Gasteiger charge is 2.38. The van der Waals surface area contributed by atoms with Crippen LogP contribution in [-0.2, 0) is 18.0 Å². The van der Waals surface area contributed by atoms with Crippen molar-refractivity contribution in [1.82, 2.24) is 14.7 Å². The van der Waals surface area contributed by atoms with E-state index < -0.39 is 11.9 Å². The minimum atomic E-state index is -4.54. The maximum atomic E-state index is 13.2. The average molecular weight is 353 g/mol. The van der Waals surface area contributed by atoms with Crippen LogP contribution in [0.25, 0.3) is 11.1 Å². The van der Waals surface area contributed by atoms with Crippen molar-refractivity contribution in [3.05, 3.63) is 41.2 Å². The van der Waals surface area contributed by atoms with Crippen molar-refractivity contribution >= 4 is 5.91 Å². The van der Waals surface area contributed by atoms with Crippen molar-refractivity contribution in [1.29, 1.82) is 0 Å². The Bertz CT molecular complexity index is 776. The number of amides is 1. The number of morpholine rings is 1. The molecule has 0 N–H and O–H groups in total. The molecule has 0 spiro atoms. The van der Waals surface area contributed by atoms with Gasteiger partial charge in [0.05, 0.1) is 13.2 Å². The van der Waals surface area contributed by atoms with Gasteiger partial charge in [0.15, 0.2) is 5.69 Å². The first-order valence-corrected chi connectivity index (χ1v) is 7.87. The number of carbonyl (C=O) groups excluding carboxylic acids is 1. The molecular formula is C17H18F3N3O2. The third-order valence-electron chi connectivity index (χ3n) is 4.32. The third kappa shape index (κ3) is 3.39. The summed E-state index contributed by atoms with van der Waals surface area (Å²) in [5.74, 6) is -0.145. The van der Waals surface area contributed by atoms with Gasteiger partial charge in [-0.1, -0.05) is 12.1 Å². The van der Waals surface area contributed by atoms with Crippen molar-refractivity contribution in [2.75, 3.05) is 26.3 Å². The lowest BCUT2D eigenvalue weighted by Crippen LogP contribution is -2.40. The number of alkyl halides is 3. The van der Waals surface area contributed by atoms with Gasteiger partial charge in [0.25, 0.3) is 5.91 Å². The summed E-state index contributed by atoms with van der Waals surface area (Å²) >= 11 is 0. The van der Waals surface area contributed by atoms with Crippen LogP contribution in [0.4, 0.5) is 13.2 Å². The minimum Gasteiger partial charge on any atom is -0.378 e. The standard InChI is InChI=1S/C17H18F3N3O2/c1-11-14(15(17(18,19)20)21-22(11)2)12-3-5-13(6-4-12)16(24)23-7-9-25-10-8-23/h3-6H,7-10H2,1-2H3. The first kappa shape index (κ1) is 17.5. The van der Waals surface area contributed by atoms with E-state index in [0.717, 1.165) is 0 Å². The number of rotatable bonds is 2. The number of nitrogens with zero attached hydrogens (tertiary/aromatic N) is 3. The Kier molecular flexibility index (Phi) is 4.55. The lowest BCUT2D eigenvalue weighted by atomic mass is 10.0. The fourth-order valence-electron chi connectivity index (χ4n) is 2.88. The number of hydrogen-bond acceptors (Lipinski definition) is 3. The topological polar surface area (TPSA) is 47.4 Å². The molecule has 1 aliphatic heterocycles. The lowest BCUT2D eigenvalue weighted by Gasteiger charge is -2.26. The van der Waals surface area contributed by atoms with Crippen molar-refractivity contribution < 1.29 is 22.7 Å². The third-order valence-corrected chi connectivity index (χ3v) is 4.32. The summed E-state index contributed by atoms with van der Waals surface area (Å²) in [6.45, 7) is 3.60. The Balaban J connectivity index is 1.92. The van der Waals surface area contributed by atoms with Gasteiger partial charge >= 0.3 is 6.18 Å². The molecule has 1 amide bonds. The smallest absolute Gasteiger partial charge is 0.378 e. The molecule has 1 aromatic carbocycles. The number of halogens is 3. The molecule has 2 heterocycles. The highest BCUT2D eigenvalue weighted by molar-refractivity contribution is 5.94. The molecule has 3 rings (SSSR count). The van der Waals surface area contributed by atoms with Gasteiger partial charge in [-0.3, -0.25) is 9.48 Å². The predicted octanol–water partition coefficient (Wildman–Crippen LogP) is 2.89. The fraction of sp³-hybridized carbons (Fsp3) is 0.412. The summed E-state index contributed by atoms with van der Waals surface area (Å²) in [6, 6.07) is 6.18. The van der Waals surface area contributed by atoms with Gasteiger partial charge in [-0.05, 0) is 24.6 Å². The SMILES string of the molecule is Cc1c(-c2ccc(C(=O)N3CCOCC3)cc2)c(C(F)(F)F)nn1C. The number of carbonyl (C=O) groups is 1. The summed E-state index contributed by atoms with van der Waals surface area (Å²) < 4.78 is 46.1. The maximum Gasteiger partial charge on any atom is 0.435 e. The van der Waals surface area contributed by atoms with E-state index >= 15 is 0 Å². The maximum absolute atomic E-state index is 13.2. The van der Waals surface area contributed by atoms with Gasteiger partial charge in [-0.15, -0.1) is 0 Å². The molecule has 0 bridgehead atoms. The van der Waals surface area contributed by atoms with E-state index in [1.807, 2.05) is 0 Å². The molecule has 0 aliphatic carbocycles. The molecule has 25 heavy (non-hydrogen) atoms. The monoisotopic (exact) mass is 353 g/mol. The van der Waals surface area contributed by atoms with Crippen LogP contribution in [0, 0.1) is 6.92 Å². The Morgan fingerprint density at radius 2 is 1.76 bits per heavy atom. The Morgan fingerprint density at radius 1 is 1.16 bits per heavy atom. The van der Waals surface area contributed by atoms with Crippen LogP contribution in [0.15, 0.2) is 24.3 Å². The van der Waals surface area contributed by atoms with Crippen molar-refractivity contribution in [3.8, 4) is 11.1 Å². The van der Waals surface area contributed by atoms with Gasteiger partial charge in [0, 0.05) is 37.0 Å². The fourth-order valence-corrected chi connectivity index (χ4v) is 2.88. The van der Waals surface area contributed by atoms with Crippen LogP contribution < -0.4 is 0 Å². The minimum absolute atomic E-state index is 0.0420. The molecule has 2 aromatic rings. The summed E-state index contributed by atoms with van der Waals surface area (Å²) in [6.07, 6.45) is -4.54. The van der Waals surface area contributed by atoms with Crippen molar-refractivity contribution in [2.45, 2.75) is 13.1 Å².